The van der Waals surface area contributed by atoms with E-state index in [1.54, 1.807) is 12.1 Å². The molecular formula is C9H10N4O2. The number of benzene rings is 1. The Labute approximate surface area is 85.3 Å². The number of nitrogens with one attached hydrogen (secondary N) is 3. The standard InChI is InChI=1S/C9H10N4O2/c1-5-10-7-3-2-6(4-8(7)11-5)12-13-9(14)15/h2-4,12-13H,1H3,(H,10,11)(H,14,15). The van der Waals surface area contributed by atoms with E-state index in [1.807, 2.05) is 13.0 Å². The van der Waals surface area contributed by atoms with E-state index >= 15 is 0 Å². The maximum atomic E-state index is 10.2. The van der Waals surface area contributed by atoms with Gasteiger partial charge in [-0.1, -0.05) is 0 Å². The summed E-state index contributed by atoms with van der Waals surface area (Å²) in [4.78, 5) is 17.5. The zero-order valence-electron chi connectivity index (χ0n) is 8.03. The van der Waals surface area contributed by atoms with Crippen LogP contribution >= 0.6 is 0 Å². The van der Waals surface area contributed by atoms with Gasteiger partial charge in [0.2, 0.25) is 0 Å². The van der Waals surface area contributed by atoms with Crippen LogP contribution in [0.15, 0.2) is 18.2 Å². The average molecular weight is 206 g/mol. The molecule has 0 spiro atoms. The number of amides is 1. The Balaban J connectivity index is 2.26. The topological polar surface area (TPSA) is 90.0 Å². The molecule has 1 heterocycles. The van der Waals surface area contributed by atoms with Crippen LogP contribution in [-0.2, 0) is 0 Å². The van der Waals surface area contributed by atoms with Crippen LogP contribution in [-0.4, -0.2) is 21.2 Å². The van der Waals surface area contributed by atoms with Crippen LogP contribution in [0.3, 0.4) is 0 Å². The minimum Gasteiger partial charge on any atom is -0.464 e. The van der Waals surface area contributed by atoms with E-state index in [2.05, 4.69) is 20.8 Å². The second kappa shape index (κ2) is 3.49. The summed E-state index contributed by atoms with van der Waals surface area (Å²) in [5, 5.41) is 8.40. The highest BCUT2D eigenvalue weighted by Crippen LogP contribution is 2.16. The van der Waals surface area contributed by atoms with Crippen molar-refractivity contribution < 1.29 is 9.90 Å². The molecule has 15 heavy (non-hydrogen) atoms. The molecule has 4 N–H and O–H groups in total. The van der Waals surface area contributed by atoms with Crippen LogP contribution in [0.2, 0.25) is 0 Å². The highest BCUT2D eigenvalue weighted by atomic mass is 16.4. The number of fused-ring (bicyclic) bond motifs is 1. The van der Waals surface area contributed by atoms with Crippen molar-refractivity contribution in [1.29, 1.82) is 0 Å². The molecule has 1 aromatic heterocycles. The fourth-order valence-corrected chi connectivity index (χ4v) is 1.34. The molecule has 1 aromatic carbocycles. The number of hydrogen-bond acceptors (Lipinski definition) is 3. The summed E-state index contributed by atoms with van der Waals surface area (Å²) < 4.78 is 0. The van der Waals surface area contributed by atoms with Gasteiger partial charge in [0.05, 0.1) is 16.7 Å². The first-order valence-electron chi connectivity index (χ1n) is 4.36. The smallest absolute Gasteiger partial charge is 0.423 e. The Morgan fingerprint density at radius 2 is 2.33 bits per heavy atom. The molecule has 78 valence electrons. The first-order valence-corrected chi connectivity index (χ1v) is 4.36. The highest BCUT2D eigenvalue weighted by Gasteiger charge is 2.00. The Bertz CT molecular complexity index is 506. The van der Waals surface area contributed by atoms with E-state index in [9.17, 15) is 4.79 Å². The average Bonchev–Trinajstić information content (AvgIpc) is 2.53. The fourth-order valence-electron chi connectivity index (χ4n) is 1.34. The fraction of sp³-hybridized carbons (Fsp3) is 0.111. The molecule has 0 aliphatic rings. The van der Waals surface area contributed by atoms with Gasteiger partial charge >= 0.3 is 6.09 Å². The molecule has 6 nitrogen and oxygen atoms in total. The molecule has 0 saturated heterocycles. The lowest BCUT2D eigenvalue weighted by Crippen LogP contribution is -2.27. The van der Waals surface area contributed by atoms with Crippen LogP contribution in [0.1, 0.15) is 5.82 Å². The summed E-state index contributed by atoms with van der Waals surface area (Å²) >= 11 is 0. The molecule has 0 aliphatic heterocycles. The highest BCUT2D eigenvalue weighted by molar-refractivity contribution is 5.79. The van der Waals surface area contributed by atoms with E-state index in [0.717, 1.165) is 16.9 Å². The SMILES string of the molecule is Cc1nc2ccc(NNC(=O)O)cc2[nH]1. The summed E-state index contributed by atoms with van der Waals surface area (Å²) in [6, 6.07) is 5.34. The minimum atomic E-state index is -1.13. The van der Waals surface area contributed by atoms with E-state index in [-0.39, 0.29) is 0 Å². The number of carbonyl (C=O) groups is 1. The van der Waals surface area contributed by atoms with Crippen molar-refractivity contribution in [3.8, 4) is 0 Å². The molecule has 6 heteroatoms. The molecule has 1 amide bonds. The van der Waals surface area contributed by atoms with Gasteiger partial charge in [0.1, 0.15) is 5.82 Å². The minimum absolute atomic E-state index is 0.661. The Kier molecular flexibility index (Phi) is 2.17. The number of anilines is 1. The lowest BCUT2D eigenvalue weighted by atomic mass is 10.3. The Hall–Kier alpha value is -2.24. The molecule has 0 bridgehead atoms. The first-order chi connectivity index (χ1) is 7.15. The number of hydrogen-bond donors (Lipinski definition) is 4. The second-order valence-corrected chi connectivity index (χ2v) is 3.11. The Morgan fingerprint density at radius 1 is 1.53 bits per heavy atom. The maximum absolute atomic E-state index is 10.2. The van der Waals surface area contributed by atoms with Gasteiger partial charge < -0.3 is 10.1 Å². The van der Waals surface area contributed by atoms with Crippen molar-refractivity contribution in [2.45, 2.75) is 6.92 Å². The van der Waals surface area contributed by atoms with Crippen LogP contribution in [0.4, 0.5) is 10.5 Å². The Morgan fingerprint density at radius 3 is 3.07 bits per heavy atom. The molecule has 0 aliphatic carbocycles. The number of hydrazine groups is 1. The van der Waals surface area contributed by atoms with Gasteiger partial charge in [-0.05, 0) is 25.1 Å². The van der Waals surface area contributed by atoms with Crippen molar-refractivity contribution in [2.75, 3.05) is 5.43 Å². The number of aromatic amines is 1. The molecule has 0 atom stereocenters. The zero-order valence-corrected chi connectivity index (χ0v) is 8.03. The van der Waals surface area contributed by atoms with Gasteiger partial charge in [-0.2, -0.15) is 0 Å². The third-order valence-corrected chi connectivity index (χ3v) is 1.91. The lowest BCUT2D eigenvalue weighted by molar-refractivity contribution is 0.197. The molecule has 0 radical (unpaired) electrons. The lowest BCUT2D eigenvalue weighted by Gasteiger charge is -2.04. The second-order valence-electron chi connectivity index (χ2n) is 3.11. The normalized spacial score (nSPS) is 10.2. The van der Waals surface area contributed by atoms with E-state index in [1.165, 1.54) is 0 Å². The summed E-state index contributed by atoms with van der Waals surface area (Å²) in [7, 11) is 0. The summed E-state index contributed by atoms with van der Waals surface area (Å²) in [6.45, 7) is 1.86. The molecule has 0 fully saturated rings. The van der Waals surface area contributed by atoms with Crippen molar-refractivity contribution in [2.24, 2.45) is 0 Å². The third-order valence-electron chi connectivity index (χ3n) is 1.91. The van der Waals surface area contributed by atoms with Crippen LogP contribution in [0, 0.1) is 6.92 Å². The predicted octanol–water partition coefficient (Wildman–Crippen LogP) is 1.47. The van der Waals surface area contributed by atoms with Gasteiger partial charge in [-0.25, -0.2) is 15.2 Å². The monoisotopic (exact) mass is 206 g/mol. The summed E-state index contributed by atoms with van der Waals surface area (Å²) in [5.41, 5.74) is 6.99. The number of aryl methyl sites for hydroxylation is 1. The van der Waals surface area contributed by atoms with Crippen molar-refractivity contribution in [1.82, 2.24) is 15.4 Å². The van der Waals surface area contributed by atoms with Gasteiger partial charge in [-0.3, -0.25) is 5.43 Å². The number of nitrogens with zero attached hydrogens (tertiary/aromatic N) is 1. The molecule has 0 unspecified atom stereocenters. The molecule has 2 rings (SSSR count). The zero-order chi connectivity index (χ0) is 10.8. The van der Waals surface area contributed by atoms with Crippen molar-refractivity contribution in [3.63, 3.8) is 0 Å². The quantitative estimate of drug-likeness (QED) is 0.560. The largest absolute Gasteiger partial charge is 0.464 e. The number of rotatable bonds is 2. The number of aromatic nitrogens is 2. The number of carboxylic acid groups (broad SMARTS) is 1. The van der Waals surface area contributed by atoms with Crippen LogP contribution in [0.5, 0.6) is 0 Å². The number of imidazole rings is 1. The van der Waals surface area contributed by atoms with Crippen LogP contribution in [0.25, 0.3) is 11.0 Å². The maximum Gasteiger partial charge on any atom is 0.423 e. The van der Waals surface area contributed by atoms with Gasteiger partial charge in [0, 0.05) is 0 Å². The van der Waals surface area contributed by atoms with Gasteiger partial charge in [0.25, 0.3) is 0 Å². The third kappa shape index (κ3) is 1.98. The van der Waals surface area contributed by atoms with E-state index < -0.39 is 6.09 Å². The predicted molar refractivity (Wildman–Crippen MR) is 55.6 cm³/mol. The van der Waals surface area contributed by atoms with E-state index in [4.69, 9.17) is 5.11 Å². The van der Waals surface area contributed by atoms with Crippen molar-refractivity contribution in [3.05, 3.63) is 24.0 Å². The van der Waals surface area contributed by atoms with Gasteiger partial charge in [-0.15, -0.1) is 0 Å². The van der Waals surface area contributed by atoms with Gasteiger partial charge in [0.15, 0.2) is 0 Å². The molecular weight excluding hydrogens is 196 g/mol. The number of H-pyrrole nitrogens is 1. The van der Waals surface area contributed by atoms with Crippen molar-refractivity contribution >= 4 is 22.8 Å². The van der Waals surface area contributed by atoms with Crippen LogP contribution < -0.4 is 10.9 Å². The molecule has 0 saturated carbocycles. The first kappa shape index (κ1) is 9.32. The molecule has 2 aromatic rings. The van der Waals surface area contributed by atoms with E-state index in [0.29, 0.717) is 5.69 Å². The summed E-state index contributed by atoms with van der Waals surface area (Å²) in [5.74, 6) is 0.827. The summed E-state index contributed by atoms with van der Waals surface area (Å²) in [6.07, 6.45) is -1.13.